The van der Waals surface area contributed by atoms with Crippen LogP contribution in [-0.2, 0) is 13.7 Å². The fourth-order valence-corrected chi connectivity index (χ4v) is 4.66. The van der Waals surface area contributed by atoms with Gasteiger partial charge in [-0.2, -0.15) is 0 Å². The molecule has 30 heavy (non-hydrogen) atoms. The Morgan fingerprint density at radius 3 is 1.93 bits per heavy atom. The maximum absolute atomic E-state index is 6.47. The fraction of sp³-hybridized carbons (Fsp3) is 0.920. The van der Waals surface area contributed by atoms with E-state index < -0.39 is 8.32 Å². The molecular formula is C25H51BO3Si. The molecule has 176 valence electrons. The highest BCUT2D eigenvalue weighted by molar-refractivity contribution is 6.74. The molecule has 1 rings (SSSR count). The van der Waals surface area contributed by atoms with Gasteiger partial charge in [-0.1, -0.05) is 61.0 Å². The van der Waals surface area contributed by atoms with E-state index in [1.165, 1.54) is 5.47 Å². The van der Waals surface area contributed by atoms with Gasteiger partial charge in [0.1, 0.15) is 0 Å². The van der Waals surface area contributed by atoms with Gasteiger partial charge in [0.05, 0.1) is 11.2 Å². The first kappa shape index (κ1) is 27.9. The van der Waals surface area contributed by atoms with Crippen LogP contribution in [0.3, 0.4) is 0 Å². The van der Waals surface area contributed by atoms with E-state index in [0.29, 0.717) is 17.8 Å². The first-order valence-electron chi connectivity index (χ1n) is 12.1. The van der Waals surface area contributed by atoms with E-state index in [1.54, 1.807) is 0 Å². The standard InChI is InChI=1S/C25H51BO3Si/c1-14-19(2)16-22(26-28-24(8,9)25(10,11)29-26)17-20(3)15-21(4)18-27-30(12,13)23(5,6)7/h16,19-21H,14-15,17-18H2,1-13H3/b22-16+/t19-,20+,21-/m1/s1. The summed E-state index contributed by atoms with van der Waals surface area (Å²) in [6, 6.07) is 0. The third-order valence-electron chi connectivity index (χ3n) is 7.62. The Balaban J connectivity index is 2.78. The van der Waals surface area contributed by atoms with Crippen LogP contribution < -0.4 is 0 Å². The lowest BCUT2D eigenvalue weighted by molar-refractivity contribution is 0.00578. The maximum atomic E-state index is 6.47. The molecule has 0 radical (unpaired) electrons. The topological polar surface area (TPSA) is 27.7 Å². The highest BCUT2D eigenvalue weighted by Gasteiger charge is 2.52. The van der Waals surface area contributed by atoms with Crippen LogP contribution in [0.5, 0.6) is 0 Å². The zero-order valence-electron chi connectivity index (χ0n) is 22.4. The summed E-state index contributed by atoms with van der Waals surface area (Å²) in [5.74, 6) is 1.65. The first-order chi connectivity index (χ1) is 13.4. The van der Waals surface area contributed by atoms with Gasteiger partial charge in [0.25, 0.3) is 0 Å². The summed E-state index contributed by atoms with van der Waals surface area (Å²) in [6.07, 6.45) is 5.71. The molecular weight excluding hydrogens is 387 g/mol. The molecule has 0 N–H and O–H groups in total. The third kappa shape index (κ3) is 7.50. The molecule has 0 bridgehead atoms. The smallest absolute Gasteiger partial charge is 0.417 e. The molecule has 0 unspecified atom stereocenters. The van der Waals surface area contributed by atoms with Crippen LogP contribution in [0.15, 0.2) is 11.5 Å². The van der Waals surface area contributed by atoms with Crippen molar-refractivity contribution in [2.24, 2.45) is 17.8 Å². The Bertz CT molecular complexity index is 561. The average Bonchev–Trinajstić information content (AvgIpc) is 2.79. The SMILES string of the molecule is CC[C@@H](C)/C=C(\C[C@@H](C)C[C@@H](C)CO[Si](C)(C)C(C)(C)C)B1OC(C)(C)C(C)(C)O1. The number of allylic oxidation sites excluding steroid dienone is 2. The highest BCUT2D eigenvalue weighted by atomic mass is 28.4. The number of rotatable bonds is 10. The van der Waals surface area contributed by atoms with Crippen molar-refractivity contribution in [1.29, 1.82) is 0 Å². The molecule has 1 aliphatic heterocycles. The van der Waals surface area contributed by atoms with Crippen molar-refractivity contribution in [2.45, 2.75) is 125 Å². The lowest BCUT2D eigenvalue weighted by Gasteiger charge is -2.37. The van der Waals surface area contributed by atoms with Gasteiger partial charge in [0, 0.05) is 6.61 Å². The molecule has 0 spiro atoms. The van der Waals surface area contributed by atoms with E-state index in [2.05, 4.69) is 95.3 Å². The summed E-state index contributed by atoms with van der Waals surface area (Å²) in [6.45, 7) is 30.2. The van der Waals surface area contributed by atoms with E-state index in [-0.39, 0.29) is 23.4 Å². The minimum Gasteiger partial charge on any atom is -0.417 e. The van der Waals surface area contributed by atoms with Crippen LogP contribution in [0.2, 0.25) is 18.1 Å². The van der Waals surface area contributed by atoms with Crippen LogP contribution in [0.4, 0.5) is 0 Å². The third-order valence-corrected chi connectivity index (χ3v) is 12.1. The van der Waals surface area contributed by atoms with E-state index in [0.717, 1.165) is 25.9 Å². The lowest BCUT2D eigenvalue weighted by Crippen LogP contribution is -2.41. The summed E-state index contributed by atoms with van der Waals surface area (Å²) in [7, 11) is -1.91. The second-order valence-corrected chi connectivity index (χ2v) is 17.2. The Labute approximate surface area is 190 Å². The second-order valence-electron chi connectivity index (χ2n) is 12.4. The molecule has 0 saturated carbocycles. The molecule has 5 heteroatoms. The number of hydrogen-bond acceptors (Lipinski definition) is 3. The Morgan fingerprint density at radius 2 is 1.50 bits per heavy atom. The van der Waals surface area contributed by atoms with Crippen LogP contribution in [0, 0.1) is 17.8 Å². The molecule has 1 fully saturated rings. The van der Waals surface area contributed by atoms with Crippen molar-refractivity contribution < 1.29 is 13.7 Å². The molecule has 1 heterocycles. The van der Waals surface area contributed by atoms with Gasteiger partial charge >= 0.3 is 7.12 Å². The van der Waals surface area contributed by atoms with E-state index in [4.69, 9.17) is 13.7 Å². The quantitative estimate of drug-likeness (QED) is 0.328. The summed E-state index contributed by atoms with van der Waals surface area (Å²) >= 11 is 0. The van der Waals surface area contributed by atoms with Gasteiger partial charge < -0.3 is 13.7 Å². The molecule has 3 nitrogen and oxygen atoms in total. The van der Waals surface area contributed by atoms with Gasteiger partial charge in [-0.3, -0.25) is 0 Å². The molecule has 0 aromatic heterocycles. The predicted molar refractivity (Wildman–Crippen MR) is 134 cm³/mol. The molecule has 1 aliphatic rings. The van der Waals surface area contributed by atoms with Crippen LogP contribution in [-0.4, -0.2) is 33.2 Å². The van der Waals surface area contributed by atoms with Crippen molar-refractivity contribution >= 4 is 15.4 Å². The van der Waals surface area contributed by atoms with Crippen LogP contribution in [0.25, 0.3) is 0 Å². The van der Waals surface area contributed by atoms with E-state index in [1.807, 2.05) is 0 Å². The Hall–Kier alpha value is -0.0982. The molecule has 0 aliphatic carbocycles. The van der Waals surface area contributed by atoms with Crippen molar-refractivity contribution in [2.75, 3.05) is 6.61 Å². The minimum absolute atomic E-state index is 0.231. The molecule has 0 aromatic carbocycles. The summed E-state index contributed by atoms with van der Waals surface area (Å²) in [5.41, 5.74) is 0.729. The molecule has 0 amide bonds. The summed E-state index contributed by atoms with van der Waals surface area (Å²) < 4.78 is 19.3. The zero-order chi connectivity index (χ0) is 23.5. The summed E-state index contributed by atoms with van der Waals surface area (Å²) in [5, 5.41) is 0.265. The minimum atomic E-state index is -1.68. The maximum Gasteiger partial charge on any atom is 0.490 e. The van der Waals surface area contributed by atoms with Gasteiger partial charge in [-0.15, -0.1) is 0 Å². The molecule has 1 saturated heterocycles. The highest BCUT2D eigenvalue weighted by Crippen LogP contribution is 2.40. The van der Waals surface area contributed by atoms with Crippen molar-refractivity contribution in [3.8, 4) is 0 Å². The summed E-state index contributed by atoms with van der Waals surface area (Å²) in [4.78, 5) is 0. The van der Waals surface area contributed by atoms with Crippen molar-refractivity contribution in [1.82, 2.24) is 0 Å². The van der Waals surface area contributed by atoms with Gasteiger partial charge in [0.2, 0.25) is 0 Å². The fourth-order valence-electron chi connectivity index (χ4n) is 3.53. The van der Waals surface area contributed by atoms with E-state index in [9.17, 15) is 0 Å². The predicted octanol–water partition coefficient (Wildman–Crippen LogP) is 7.66. The Morgan fingerprint density at radius 1 is 1.00 bits per heavy atom. The lowest BCUT2D eigenvalue weighted by atomic mass is 9.71. The van der Waals surface area contributed by atoms with Gasteiger partial charge in [-0.05, 0) is 81.9 Å². The molecule has 0 aromatic rings. The first-order valence-corrected chi connectivity index (χ1v) is 15.0. The van der Waals surface area contributed by atoms with Crippen LogP contribution >= 0.6 is 0 Å². The van der Waals surface area contributed by atoms with Gasteiger partial charge in [-0.25, -0.2) is 0 Å². The van der Waals surface area contributed by atoms with Crippen molar-refractivity contribution in [3.05, 3.63) is 11.5 Å². The normalized spacial score (nSPS) is 22.8. The van der Waals surface area contributed by atoms with Crippen LogP contribution in [0.1, 0.15) is 95.4 Å². The van der Waals surface area contributed by atoms with Crippen molar-refractivity contribution in [3.63, 3.8) is 0 Å². The van der Waals surface area contributed by atoms with E-state index >= 15 is 0 Å². The Kier molecular flexibility index (Phi) is 9.52. The average molecular weight is 439 g/mol. The largest absolute Gasteiger partial charge is 0.490 e. The molecule has 3 atom stereocenters. The zero-order valence-corrected chi connectivity index (χ0v) is 23.4. The monoisotopic (exact) mass is 438 g/mol. The number of hydrogen-bond donors (Lipinski definition) is 0. The second kappa shape index (κ2) is 10.2. The van der Waals surface area contributed by atoms with Gasteiger partial charge in [0.15, 0.2) is 8.32 Å².